The second-order valence-corrected chi connectivity index (χ2v) is 7.64. The second kappa shape index (κ2) is 12.4. The van der Waals surface area contributed by atoms with Gasteiger partial charge in [-0.25, -0.2) is 0 Å². The number of benzene rings is 1. The van der Waals surface area contributed by atoms with Crippen LogP contribution >= 0.6 is 12.2 Å². The molecule has 1 aliphatic heterocycles. The maximum atomic E-state index is 11.8. The standard InChI is InChI=1S/C22H29NO9S/c1-6-27-22(33)23-11-16-7-9-17(10-8-16)32-21-20(31-15(5)26)19(30-14(4)25)18(12(2)28-21)29-13(3)24/h7-10,12,18-21H,6,11H2,1-5H3,(H,23,33)/t12-,18-,19+,20+,21-/m0/s1. The molecule has 0 unspecified atom stereocenters. The summed E-state index contributed by atoms with van der Waals surface area (Å²) in [5, 5.41) is 3.29. The van der Waals surface area contributed by atoms with E-state index in [0.29, 0.717) is 24.1 Å². The van der Waals surface area contributed by atoms with E-state index in [1.54, 1.807) is 19.1 Å². The molecule has 10 nitrogen and oxygen atoms in total. The Morgan fingerprint density at radius 3 is 2.03 bits per heavy atom. The SMILES string of the molecule is CCOC(=S)NCc1ccc(O[C@@H]2O[C@@H](C)[C@H](OC(C)=O)[C@@H](OC(C)=O)[C@H]2OC(C)=O)cc1. The van der Waals surface area contributed by atoms with Gasteiger partial charge in [0.1, 0.15) is 5.75 Å². The number of ether oxygens (including phenoxy) is 6. The maximum Gasteiger partial charge on any atom is 0.303 e. The van der Waals surface area contributed by atoms with Crippen molar-refractivity contribution in [3.05, 3.63) is 29.8 Å². The summed E-state index contributed by atoms with van der Waals surface area (Å²) in [7, 11) is 0. The minimum absolute atomic E-state index is 0.311. The predicted molar refractivity (Wildman–Crippen MR) is 119 cm³/mol. The molecular formula is C22H29NO9S. The highest BCUT2D eigenvalue weighted by Gasteiger charge is 2.51. The van der Waals surface area contributed by atoms with Crippen molar-refractivity contribution in [2.75, 3.05) is 6.61 Å². The summed E-state index contributed by atoms with van der Waals surface area (Å²) >= 11 is 5.04. The first-order chi connectivity index (χ1) is 15.6. The minimum atomic E-state index is -1.17. The van der Waals surface area contributed by atoms with E-state index < -0.39 is 48.6 Å². The van der Waals surface area contributed by atoms with Crippen molar-refractivity contribution in [2.24, 2.45) is 0 Å². The van der Waals surface area contributed by atoms with E-state index >= 15 is 0 Å². The van der Waals surface area contributed by atoms with Gasteiger partial charge in [-0.3, -0.25) is 14.4 Å². The number of esters is 3. The molecular weight excluding hydrogens is 454 g/mol. The first-order valence-corrected chi connectivity index (χ1v) is 10.8. The highest BCUT2D eigenvalue weighted by atomic mass is 32.1. The number of rotatable bonds is 8. The molecule has 33 heavy (non-hydrogen) atoms. The van der Waals surface area contributed by atoms with Crippen molar-refractivity contribution in [2.45, 2.75) is 71.9 Å². The first-order valence-electron chi connectivity index (χ1n) is 10.4. The van der Waals surface area contributed by atoms with Crippen LogP contribution in [-0.2, 0) is 44.6 Å². The molecule has 5 atom stereocenters. The van der Waals surface area contributed by atoms with Crippen LogP contribution in [0.3, 0.4) is 0 Å². The molecule has 0 saturated carbocycles. The minimum Gasteiger partial charge on any atom is -0.471 e. The molecule has 1 N–H and O–H groups in total. The molecule has 1 aromatic rings. The summed E-state index contributed by atoms with van der Waals surface area (Å²) in [5.41, 5.74) is 0.923. The van der Waals surface area contributed by atoms with Crippen LogP contribution < -0.4 is 10.1 Å². The zero-order chi connectivity index (χ0) is 24.5. The molecule has 182 valence electrons. The van der Waals surface area contributed by atoms with Crippen LogP contribution in [0.1, 0.15) is 40.2 Å². The molecule has 0 aliphatic carbocycles. The third-order valence-corrected chi connectivity index (χ3v) is 4.78. The van der Waals surface area contributed by atoms with Gasteiger partial charge >= 0.3 is 17.9 Å². The number of hydrogen-bond donors (Lipinski definition) is 1. The Labute approximate surface area is 197 Å². The van der Waals surface area contributed by atoms with E-state index in [2.05, 4.69) is 5.32 Å². The summed E-state index contributed by atoms with van der Waals surface area (Å²) in [6.07, 6.45) is -5.10. The van der Waals surface area contributed by atoms with Crippen molar-refractivity contribution in [1.29, 1.82) is 0 Å². The molecule has 1 heterocycles. The van der Waals surface area contributed by atoms with E-state index in [9.17, 15) is 14.4 Å². The van der Waals surface area contributed by atoms with E-state index in [4.69, 9.17) is 40.6 Å². The Hall–Kier alpha value is -2.92. The predicted octanol–water partition coefficient (Wildman–Crippen LogP) is 2.02. The molecule has 0 bridgehead atoms. The molecule has 1 aromatic carbocycles. The lowest BCUT2D eigenvalue weighted by molar-refractivity contribution is -0.280. The van der Waals surface area contributed by atoms with Crippen LogP contribution in [0.2, 0.25) is 0 Å². The van der Waals surface area contributed by atoms with Gasteiger partial charge in [0.2, 0.25) is 12.4 Å². The summed E-state index contributed by atoms with van der Waals surface area (Å²) in [6.45, 7) is 8.06. The van der Waals surface area contributed by atoms with Gasteiger partial charge in [0, 0.05) is 27.3 Å². The molecule has 0 amide bonds. The van der Waals surface area contributed by atoms with E-state index in [1.165, 1.54) is 20.8 Å². The molecule has 2 rings (SSSR count). The summed E-state index contributed by atoms with van der Waals surface area (Å²) in [6, 6.07) is 7.04. The van der Waals surface area contributed by atoms with Crippen molar-refractivity contribution >= 4 is 35.3 Å². The van der Waals surface area contributed by atoms with Gasteiger partial charge in [-0.1, -0.05) is 12.1 Å². The summed E-state index contributed by atoms with van der Waals surface area (Å²) < 4.78 is 33.0. The molecule has 11 heteroatoms. The Morgan fingerprint density at radius 2 is 1.48 bits per heavy atom. The van der Waals surface area contributed by atoms with E-state index in [-0.39, 0.29) is 0 Å². The second-order valence-electron chi connectivity index (χ2n) is 7.27. The van der Waals surface area contributed by atoms with E-state index in [1.807, 2.05) is 19.1 Å². The number of carbonyl (C=O) groups excluding carboxylic acids is 3. The molecule has 0 spiro atoms. The Balaban J connectivity index is 2.19. The van der Waals surface area contributed by atoms with Crippen molar-refractivity contribution in [3.63, 3.8) is 0 Å². The monoisotopic (exact) mass is 483 g/mol. The first kappa shape index (κ1) is 26.3. The Morgan fingerprint density at radius 1 is 0.939 bits per heavy atom. The smallest absolute Gasteiger partial charge is 0.303 e. The summed E-state index contributed by atoms with van der Waals surface area (Å²) in [5.74, 6) is -1.45. The zero-order valence-electron chi connectivity index (χ0n) is 19.2. The molecule has 0 radical (unpaired) electrons. The number of thiocarbonyl (C=S) groups is 1. The van der Waals surface area contributed by atoms with Gasteiger partial charge in [-0.15, -0.1) is 0 Å². The average Bonchev–Trinajstić information content (AvgIpc) is 2.72. The molecule has 1 aliphatic rings. The third-order valence-electron chi connectivity index (χ3n) is 4.52. The van der Waals surface area contributed by atoms with Crippen LogP contribution in [0.15, 0.2) is 24.3 Å². The van der Waals surface area contributed by atoms with Crippen LogP contribution in [-0.4, -0.2) is 60.4 Å². The lowest BCUT2D eigenvalue weighted by Crippen LogP contribution is -2.62. The van der Waals surface area contributed by atoms with Crippen LogP contribution in [0, 0.1) is 0 Å². The molecule has 0 aromatic heterocycles. The van der Waals surface area contributed by atoms with Gasteiger partial charge in [0.15, 0.2) is 12.2 Å². The summed E-state index contributed by atoms with van der Waals surface area (Å²) in [4.78, 5) is 35.1. The number of carbonyl (C=O) groups is 3. The van der Waals surface area contributed by atoms with Crippen molar-refractivity contribution in [3.8, 4) is 5.75 Å². The highest BCUT2D eigenvalue weighted by Crippen LogP contribution is 2.30. The van der Waals surface area contributed by atoms with Gasteiger partial charge in [-0.05, 0) is 43.8 Å². The van der Waals surface area contributed by atoms with Crippen LogP contribution in [0.25, 0.3) is 0 Å². The van der Waals surface area contributed by atoms with E-state index in [0.717, 1.165) is 5.56 Å². The fraction of sp³-hybridized carbons (Fsp3) is 0.545. The molecule has 1 saturated heterocycles. The normalized spacial score (nSPS) is 24.2. The topological polar surface area (TPSA) is 119 Å². The van der Waals surface area contributed by atoms with Crippen molar-refractivity contribution < 1.29 is 42.8 Å². The lowest BCUT2D eigenvalue weighted by Gasteiger charge is -2.43. The lowest BCUT2D eigenvalue weighted by atomic mass is 9.99. The maximum absolute atomic E-state index is 11.8. The number of nitrogens with one attached hydrogen (secondary N) is 1. The number of hydrogen-bond acceptors (Lipinski definition) is 10. The Kier molecular flexibility index (Phi) is 9.86. The average molecular weight is 484 g/mol. The van der Waals surface area contributed by atoms with Gasteiger partial charge in [0.25, 0.3) is 5.17 Å². The van der Waals surface area contributed by atoms with Crippen LogP contribution in [0.5, 0.6) is 5.75 Å². The Bertz CT molecular complexity index is 845. The fourth-order valence-corrected chi connectivity index (χ4v) is 3.43. The third kappa shape index (κ3) is 8.17. The highest BCUT2D eigenvalue weighted by molar-refractivity contribution is 7.80. The van der Waals surface area contributed by atoms with Crippen molar-refractivity contribution in [1.82, 2.24) is 5.32 Å². The fourth-order valence-electron chi connectivity index (χ4n) is 3.24. The van der Waals surface area contributed by atoms with Gasteiger partial charge < -0.3 is 33.7 Å². The van der Waals surface area contributed by atoms with Gasteiger partial charge in [0.05, 0.1) is 12.7 Å². The van der Waals surface area contributed by atoms with Gasteiger partial charge in [-0.2, -0.15) is 0 Å². The molecule has 1 fully saturated rings. The quantitative estimate of drug-likeness (QED) is 0.332. The van der Waals surface area contributed by atoms with Crippen LogP contribution in [0.4, 0.5) is 0 Å². The largest absolute Gasteiger partial charge is 0.471 e. The zero-order valence-corrected chi connectivity index (χ0v) is 20.0.